The zero-order chi connectivity index (χ0) is 31.0. The van der Waals surface area contributed by atoms with Gasteiger partial charge in [0.15, 0.2) is 11.5 Å². The highest BCUT2D eigenvalue weighted by atomic mass is 35.5. The van der Waals surface area contributed by atoms with Crippen LogP contribution in [0.15, 0.2) is 72.8 Å². The van der Waals surface area contributed by atoms with Crippen LogP contribution in [0.25, 0.3) is 0 Å². The first kappa shape index (κ1) is 29.2. The molecule has 0 spiro atoms. The van der Waals surface area contributed by atoms with E-state index in [1.165, 1.54) is 31.4 Å². The second kappa shape index (κ2) is 12.0. The Hall–Kier alpha value is -4.89. The van der Waals surface area contributed by atoms with E-state index >= 15 is 0 Å². The number of fused-ring (bicyclic) bond motifs is 2. The van der Waals surface area contributed by atoms with E-state index in [1.54, 1.807) is 18.2 Å². The summed E-state index contributed by atoms with van der Waals surface area (Å²) >= 11 is 6.66. The van der Waals surface area contributed by atoms with Crippen LogP contribution in [0.5, 0.6) is 34.5 Å². The Kier molecular flexibility index (Phi) is 7.97. The normalized spacial score (nSPS) is 18.0. The van der Waals surface area contributed by atoms with Gasteiger partial charge < -0.3 is 33.9 Å². The van der Waals surface area contributed by atoms with Gasteiger partial charge >= 0.3 is 11.9 Å². The standard InChI is InChI=1S/C34H29ClO9/c1-3-12-41-21-9-10-22-23(14-21)31(32(34(38)39)30(22)19-6-11-26-29(13-19)43-17-42-26)24-15-25(35)28(40-2)16-27(24)44-20-7-4-18(5-8-20)33(36)37/h4-11,13-16,30-32H,3,12,17H2,1-2H3,(H,36,37)(H,38,39). The van der Waals surface area contributed by atoms with Gasteiger partial charge in [0.2, 0.25) is 6.79 Å². The van der Waals surface area contributed by atoms with E-state index in [0.29, 0.717) is 46.7 Å². The lowest BCUT2D eigenvalue weighted by Gasteiger charge is -2.25. The third-order valence-electron chi connectivity index (χ3n) is 7.91. The second-order valence-electron chi connectivity index (χ2n) is 10.5. The molecule has 9 nitrogen and oxygen atoms in total. The molecule has 10 heteroatoms. The third-order valence-corrected chi connectivity index (χ3v) is 8.20. The third kappa shape index (κ3) is 5.35. The summed E-state index contributed by atoms with van der Waals surface area (Å²) in [5.74, 6) is -1.49. The summed E-state index contributed by atoms with van der Waals surface area (Å²) in [6.45, 7) is 2.62. The molecular formula is C34H29ClO9. The van der Waals surface area contributed by atoms with Crippen molar-refractivity contribution in [3.63, 3.8) is 0 Å². The van der Waals surface area contributed by atoms with Crippen LogP contribution in [0.3, 0.4) is 0 Å². The highest BCUT2D eigenvalue weighted by Crippen LogP contribution is 2.57. The average molecular weight is 617 g/mol. The maximum atomic E-state index is 13.3. The van der Waals surface area contributed by atoms with Crippen molar-refractivity contribution in [3.8, 4) is 34.5 Å². The van der Waals surface area contributed by atoms with Gasteiger partial charge in [0.1, 0.15) is 23.0 Å². The maximum Gasteiger partial charge on any atom is 0.335 e. The summed E-state index contributed by atoms with van der Waals surface area (Å²) in [7, 11) is 1.48. The van der Waals surface area contributed by atoms with Crippen LogP contribution in [0.1, 0.15) is 57.8 Å². The van der Waals surface area contributed by atoms with Crippen LogP contribution in [0.4, 0.5) is 0 Å². The number of carboxylic acids is 2. The number of hydrogen-bond donors (Lipinski definition) is 2. The highest BCUT2D eigenvalue weighted by molar-refractivity contribution is 6.32. The lowest BCUT2D eigenvalue weighted by Crippen LogP contribution is -2.24. The molecule has 1 aliphatic carbocycles. The lowest BCUT2D eigenvalue weighted by molar-refractivity contribution is -0.142. The Morgan fingerprint density at radius 3 is 2.30 bits per heavy atom. The lowest BCUT2D eigenvalue weighted by atomic mass is 9.79. The molecule has 0 bridgehead atoms. The van der Waals surface area contributed by atoms with Crippen LogP contribution in [-0.2, 0) is 4.79 Å². The topological polar surface area (TPSA) is 121 Å². The van der Waals surface area contributed by atoms with Crippen molar-refractivity contribution in [2.75, 3.05) is 20.5 Å². The molecule has 2 aliphatic rings. The van der Waals surface area contributed by atoms with Crippen LogP contribution in [-0.4, -0.2) is 42.7 Å². The Balaban J connectivity index is 1.53. The van der Waals surface area contributed by atoms with Gasteiger partial charge in [-0.3, -0.25) is 4.79 Å². The monoisotopic (exact) mass is 616 g/mol. The van der Waals surface area contributed by atoms with Crippen LogP contribution < -0.4 is 23.7 Å². The molecule has 3 atom stereocenters. The second-order valence-corrected chi connectivity index (χ2v) is 10.9. The Morgan fingerprint density at radius 2 is 1.59 bits per heavy atom. The van der Waals surface area contributed by atoms with E-state index in [-0.39, 0.29) is 17.4 Å². The summed E-state index contributed by atoms with van der Waals surface area (Å²) in [5.41, 5.74) is 2.99. The fraction of sp³-hybridized carbons (Fsp3) is 0.235. The number of aliphatic carboxylic acids is 1. The number of halogens is 1. The number of ether oxygens (including phenoxy) is 5. The first-order valence-corrected chi connectivity index (χ1v) is 14.4. The minimum Gasteiger partial charge on any atom is -0.495 e. The van der Waals surface area contributed by atoms with Crippen molar-refractivity contribution in [1.29, 1.82) is 0 Å². The molecule has 0 aromatic heterocycles. The summed E-state index contributed by atoms with van der Waals surface area (Å²) < 4.78 is 28.9. The van der Waals surface area contributed by atoms with Crippen molar-refractivity contribution in [3.05, 3.63) is 106 Å². The van der Waals surface area contributed by atoms with E-state index < -0.39 is 29.7 Å². The minimum atomic E-state index is -1.06. The number of methoxy groups -OCH3 is 1. The summed E-state index contributed by atoms with van der Waals surface area (Å²) in [6, 6.07) is 20.4. The highest BCUT2D eigenvalue weighted by Gasteiger charge is 2.48. The van der Waals surface area contributed by atoms with E-state index in [2.05, 4.69) is 0 Å². The number of benzene rings is 4. The molecule has 1 heterocycles. The number of aromatic carboxylic acids is 1. The molecule has 226 valence electrons. The molecule has 0 saturated carbocycles. The predicted octanol–water partition coefficient (Wildman–Crippen LogP) is 7.33. The smallest absolute Gasteiger partial charge is 0.335 e. The zero-order valence-electron chi connectivity index (χ0n) is 23.9. The molecule has 4 aromatic rings. The molecule has 0 saturated heterocycles. The molecule has 1 aliphatic heterocycles. The van der Waals surface area contributed by atoms with Gasteiger partial charge in [-0.1, -0.05) is 30.7 Å². The molecule has 44 heavy (non-hydrogen) atoms. The Labute approximate surface area is 258 Å². The van der Waals surface area contributed by atoms with E-state index in [4.69, 9.17) is 35.3 Å². The number of carbonyl (C=O) groups is 2. The molecule has 0 radical (unpaired) electrons. The van der Waals surface area contributed by atoms with Crippen molar-refractivity contribution in [2.45, 2.75) is 25.2 Å². The number of rotatable bonds is 10. The van der Waals surface area contributed by atoms with E-state index in [9.17, 15) is 19.8 Å². The van der Waals surface area contributed by atoms with Gasteiger partial charge in [-0.2, -0.15) is 0 Å². The first-order chi connectivity index (χ1) is 21.3. The Morgan fingerprint density at radius 1 is 0.841 bits per heavy atom. The molecule has 0 fully saturated rings. The summed E-state index contributed by atoms with van der Waals surface area (Å²) in [6.07, 6.45) is 0.810. The summed E-state index contributed by atoms with van der Waals surface area (Å²) in [4.78, 5) is 24.7. The average Bonchev–Trinajstić information content (AvgIpc) is 3.63. The Bertz CT molecular complexity index is 1730. The number of carboxylic acid groups (broad SMARTS) is 2. The maximum absolute atomic E-state index is 13.3. The van der Waals surface area contributed by atoms with Gasteiger partial charge in [-0.15, -0.1) is 0 Å². The van der Waals surface area contributed by atoms with Gasteiger partial charge in [0, 0.05) is 23.5 Å². The van der Waals surface area contributed by atoms with Crippen molar-refractivity contribution in [2.24, 2.45) is 5.92 Å². The molecule has 4 aromatic carbocycles. The molecule has 3 unspecified atom stereocenters. The van der Waals surface area contributed by atoms with Crippen LogP contribution in [0.2, 0.25) is 5.02 Å². The molecule has 0 amide bonds. The summed E-state index contributed by atoms with van der Waals surface area (Å²) in [5, 5.41) is 20.4. The first-order valence-electron chi connectivity index (χ1n) is 14.1. The van der Waals surface area contributed by atoms with Crippen LogP contribution in [0, 0.1) is 5.92 Å². The largest absolute Gasteiger partial charge is 0.495 e. The van der Waals surface area contributed by atoms with E-state index in [0.717, 1.165) is 23.1 Å². The molecule has 2 N–H and O–H groups in total. The number of hydrogen-bond acceptors (Lipinski definition) is 7. The fourth-order valence-electron chi connectivity index (χ4n) is 5.96. The molecule has 6 rings (SSSR count). The van der Waals surface area contributed by atoms with Crippen LogP contribution >= 0.6 is 11.6 Å². The molecular weight excluding hydrogens is 588 g/mol. The van der Waals surface area contributed by atoms with E-state index in [1.807, 2.05) is 37.3 Å². The van der Waals surface area contributed by atoms with Gasteiger partial charge in [0.25, 0.3) is 0 Å². The van der Waals surface area contributed by atoms with Gasteiger partial charge in [-0.25, -0.2) is 4.79 Å². The SMILES string of the molecule is CCCOc1ccc2c(c1)C(c1cc(Cl)c(OC)cc1Oc1ccc(C(=O)O)cc1)C(C(=O)O)C2c1ccc2c(c1)OCO2. The fourth-order valence-corrected chi connectivity index (χ4v) is 6.21. The van der Waals surface area contributed by atoms with Crippen molar-refractivity contribution in [1.82, 2.24) is 0 Å². The quantitative estimate of drug-likeness (QED) is 0.188. The van der Waals surface area contributed by atoms with Gasteiger partial charge in [-0.05, 0) is 77.7 Å². The van der Waals surface area contributed by atoms with Gasteiger partial charge in [0.05, 0.1) is 30.2 Å². The van der Waals surface area contributed by atoms with Crippen molar-refractivity contribution < 1.29 is 43.5 Å². The van der Waals surface area contributed by atoms with Crippen molar-refractivity contribution >= 4 is 23.5 Å². The predicted molar refractivity (Wildman–Crippen MR) is 161 cm³/mol. The minimum absolute atomic E-state index is 0.0989. The zero-order valence-corrected chi connectivity index (χ0v) is 24.7.